The normalized spacial score (nSPS) is 15.5. The van der Waals surface area contributed by atoms with Gasteiger partial charge in [-0.25, -0.2) is 4.79 Å². The Morgan fingerprint density at radius 1 is 1.20 bits per heavy atom. The predicted octanol–water partition coefficient (Wildman–Crippen LogP) is 5.46. The molecule has 5 nitrogen and oxygen atoms in total. The predicted molar refractivity (Wildman–Crippen MR) is 118 cm³/mol. The lowest BCUT2D eigenvalue weighted by molar-refractivity contribution is -0.119. The van der Waals surface area contributed by atoms with E-state index >= 15 is 0 Å². The number of amides is 1. The van der Waals surface area contributed by atoms with Gasteiger partial charge in [0.1, 0.15) is 0 Å². The number of benzene rings is 2. The van der Waals surface area contributed by atoms with Gasteiger partial charge in [-0.15, -0.1) is 0 Å². The molecular weight excluding hydrogens is 423 g/mol. The summed E-state index contributed by atoms with van der Waals surface area (Å²) in [5.41, 5.74) is 3.50. The standard InChI is InChI=1S/C23H20Cl2N2O3/c1-13-6-9-19-16(10-13)22(15-4-2-3-5-18(15)26-19)23(29)30-12-21(28)27-20-11-14(24)7-8-17(20)25/h2-5,7-8,11,13H,6,9-10,12H2,1H3,(H,27,28)/t13-/m0/s1. The van der Waals surface area contributed by atoms with Crippen LogP contribution < -0.4 is 5.32 Å². The summed E-state index contributed by atoms with van der Waals surface area (Å²) in [6.07, 6.45) is 2.63. The van der Waals surface area contributed by atoms with Crippen LogP contribution in [-0.2, 0) is 22.4 Å². The van der Waals surface area contributed by atoms with Crippen LogP contribution in [0, 0.1) is 5.92 Å². The Kier molecular flexibility index (Phi) is 5.93. The quantitative estimate of drug-likeness (QED) is 0.544. The molecule has 1 aromatic heterocycles. The van der Waals surface area contributed by atoms with Crippen molar-refractivity contribution in [3.63, 3.8) is 0 Å². The first kappa shape index (κ1) is 20.6. The Hall–Kier alpha value is -2.63. The third kappa shape index (κ3) is 4.27. The molecule has 0 saturated carbocycles. The first-order valence-electron chi connectivity index (χ1n) is 9.75. The number of ether oxygens (including phenoxy) is 1. The number of anilines is 1. The third-order valence-electron chi connectivity index (χ3n) is 5.25. The lowest BCUT2D eigenvalue weighted by Gasteiger charge is -2.24. The highest BCUT2D eigenvalue weighted by atomic mass is 35.5. The van der Waals surface area contributed by atoms with Crippen LogP contribution in [0.3, 0.4) is 0 Å². The second-order valence-corrected chi connectivity index (χ2v) is 8.37. The van der Waals surface area contributed by atoms with Gasteiger partial charge < -0.3 is 10.1 Å². The minimum absolute atomic E-state index is 0.349. The summed E-state index contributed by atoms with van der Waals surface area (Å²) in [6.45, 7) is 1.73. The van der Waals surface area contributed by atoms with E-state index in [1.807, 2.05) is 24.3 Å². The maximum atomic E-state index is 13.0. The van der Waals surface area contributed by atoms with Crippen LogP contribution in [0.2, 0.25) is 10.0 Å². The van der Waals surface area contributed by atoms with E-state index in [2.05, 4.69) is 12.2 Å². The number of rotatable bonds is 4. The molecular formula is C23H20Cl2N2O3. The van der Waals surface area contributed by atoms with E-state index in [0.717, 1.165) is 41.4 Å². The van der Waals surface area contributed by atoms with Crippen LogP contribution in [-0.4, -0.2) is 23.5 Å². The number of aromatic nitrogens is 1. The maximum Gasteiger partial charge on any atom is 0.339 e. The highest BCUT2D eigenvalue weighted by molar-refractivity contribution is 6.35. The number of aryl methyl sites for hydroxylation is 1. The van der Waals surface area contributed by atoms with Crippen molar-refractivity contribution in [1.82, 2.24) is 4.98 Å². The fourth-order valence-electron chi connectivity index (χ4n) is 3.78. The van der Waals surface area contributed by atoms with Gasteiger partial charge in [0.15, 0.2) is 6.61 Å². The molecule has 7 heteroatoms. The molecule has 2 aromatic carbocycles. The largest absolute Gasteiger partial charge is 0.452 e. The Morgan fingerprint density at radius 2 is 2.00 bits per heavy atom. The number of para-hydroxylation sites is 1. The second kappa shape index (κ2) is 8.62. The SMILES string of the molecule is C[C@H]1CCc2nc3ccccc3c(C(=O)OCC(=O)Nc3cc(Cl)ccc3Cl)c2C1. The number of nitrogens with zero attached hydrogens (tertiary/aromatic N) is 1. The van der Waals surface area contributed by atoms with Gasteiger partial charge in [-0.05, 0) is 55.0 Å². The molecule has 154 valence electrons. The zero-order valence-electron chi connectivity index (χ0n) is 16.4. The maximum absolute atomic E-state index is 13.0. The van der Waals surface area contributed by atoms with E-state index in [9.17, 15) is 9.59 Å². The highest BCUT2D eigenvalue weighted by Crippen LogP contribution is 2.32. The lowest BCUT2D eigenvalue weighted by atomic mass is 9.84. The molecule has 4 rings (SSSR count). The molecule has 0 saturated heterocycles. The van der Waals surface area contributed by atoms with Gasteiger partial charge in [-0.2, -0.15) is 0 Å². The van der Waals surface area contributed by atoms with Gasteiger partial charge in [0.2, 0.25) is 0 Å². The molecule has 0 spiro atoms. The average molecular weight is 443 g/mol. The van der Waals surface area contributed by atoms with Gasteiger partial charge in [0.05, 0.1) is 21.8 Å². The summed E-state index contributed by atoms with van der Waals surface area (Å²) in [5, 5.41) is 4.15. The zero-order valence-corrected chi connectivity index (χ0v) is 17.9. The Bertz CT molecular complexity index is 1150. The van der Waals surface area contributed by atoms with Crippen LogP contribution in [0.4, 0.5) is 5.69 Å². The average Bonchev–Trinajstić information content (AvgIpc) is 2.73. The van der Waals surface area contributed by atoms with Gasteiger partial charge >= 0.3 is 5.97 Å². The summed E-state index contributed by atoms with van der Waals surface area (Å²) < 4.78 is 5.39. The molecule has 30 heavy (non-hydrogen) atoms. The summed E-state index contributed by atoms with van der Waals surface area (Å²) in [6, 6.07) is 12.3. The summed E-state index contributed by atoms with van der Waals surface area (Å²) in [5.74, 6) is -0.556. The van der Waals surface area contributed by atoms with Gasteiger partial charge in [0.25, 0.3) is 5.91 Å². The molecule has 0 aliphatic heterocycles. The van der Waals surface area contributed by atoms with Crippen LogP contribution >= 0.6 is 23.2 Å². The van der Waals surface area contributed by atoms with E-state index in [4.69, 9.17) is 32.9 Å². The lowest BCUT2D eigenvalue weighted by Crippen LogP contribution is -2.23. The number of esters is 1. The van der Waals surface area contributed by atoms with E-state index in [1.165, 1.54) is 6.07 Å². The molecule has 1 heterocycles. The number of pyridine rings is 1. The van der Waals surface area contributed by atoms with Crippen molar-refractivity contribution in [1.29, 1.82) is 0 Å². The Labute approximate surface area is 184 Å². The third-order valence-corrected chi connectivity index (χ3v) is 5.81. The topological polar surface area (TPSA) is 68.3 Å². The number of carbonyl (C=O) groups is 2. The molecule has 1 N–H and O–H groups in total. The number of hydrogen-bond acceptors (Lipinski definition) is 4. The van der Waals surface area contributed by atoms with Crippen molar-refractivity contribution in [2.45, 2.75) is 26.2 Å². The van der Waals surface area contributed by atoms with Crippen molar-refractivity contribution in [3.05, 3.63) is 69.3 Å². The first-order valence-corrected chi connectivity index (χ1v) is 10.5. The Morgan fingerprint density at radius 3 is 2.83 bits per heavy atom. The second-order valence-electron chi connectivity index (χ2n) is 7.53. The van der Waals surface area contributed by atoms with Crippen LogP contribution in [0.5, 0.6) is 0 Å². The molecule has 3 aromatic rings. The molecule has 0 fully saturated rings. The minimum Gasteiger partial charge on any atom is -0.452 e. The monoisotopic (exact) mass is 442 g/mol. The molecule has 1 atom stereocenters. The van der Waals surface area contributed by atoms with Crippen molar-refractivity contribution in [3.8, 4) is 0 Å². The van der Waals surface area contributed by atoms with Gasteiger partial charge in [0, 0.05) is 16.1 Å². The molecule has 1 amide bonds. The number of nitrogens with one attached hydrogen (secondary N) is 1. The van der Waals surface area contributed by atoms with Gasteiger partial charge in [-0.3, -0.25) is 9.78 Å². The fourth-order valence-corrected chi connectivity index (χ4v) is 4.12. The number of carbonyl (C=O) groups excluding carboxylic acids is 2. The van der Waals surface area contributed by atoms with Crippen LogP contribution in [0.1, 0.15) is 35.0 Å². The zero-order chi connectivity index (χ0) is 21.3. The molecule has 0 radical (unpaired) electrons. The van der Waals surface area contributed by atoms with E-state index < -0.39 is 18.5 Å². The smallest absolute Gasteiger partial charge is 0.339 e. The van der Waals surface area contributed by atoms with Crippen LogP contribution in [0.15, 0.2) is 42.5 Å². The molecule has 1 aliphatic carbocycles. The van der Waals surface area contributed by atoms with E-state index in [-0.39, 0.29) is 0 Å². The number of halogens is 2. The van der Waals surface area contributed by atoms with E-state index in [0.29, 0.717) is 27.2 Å². The number of fused-ring (bicyclic) bond motifs is 2. The van der Waals surface area contributed by atoms with Crippen molar-refractivity contribution in [2.24, 2.45) is 5.92 Å². The Balaban J connectivity index is 1.57. The fraction of sp³-hybridized carbons (Fsp3) is 0.261. The number of hydrogen-bond donors (Lipinski definition) is 1. The highest BCUT2D eigenvalue weighted by Gasteiger charge is 2.26. The summed E-state index contributed by atoms with van der Waals surface area (Å²) in [7, 11) is 0. The summed E-state index contributed by atoms with van der Waals surface area (Å²) in [4.78, 5) is 30.1. The van der Waals surface area contributed by atoms with Crippen molar-refractivity contribution >= 4 is 51.7 Å². The van der Waals surface area contributed by atoms with Crippen molar-refractivity contribution in [2.75, 3.05) is 11.9 Å². The summed E-state index contributed by atoms with van der Waals surface area (Å²) >= 11 is 12.0. The minimum atomic E-state index is -0.522. The van der Waals surface area contributed by atoms with Crippen LogP contribution in [0.25, 0.3) is 10.9 Å². The molecule has 0 bridgehead atoms. The first-order chi connectivity index (χ1) is 14.4. The van der Waals surface area contributed by atoms with Crippen molar-refractivity contribution < 1.29 is 14.3 Å². The van der Waals surface area contributed by atoms with Gasteiger partial charge in [-0.1, -0.05) is 48.3 Å². The molecule has 0 unspecified atom stereocenters. The van der Waals surface area contributed by atoms with E-state index in [1.54, 1.807) is 12.1 Å². The molecule has 1 aliphatic rings.